The van der Waals surface area contributed by atoms with Crippen molar-refractivity contribution >= 4 is 0 Å². The summed E-state index contributed by atoms with van der Waals surface area (Å²) in [6.07, 6.45) is 11.5. The molecule has 2 fully saturated rings. The maximum absolute atomic E-state index is 9.83. The van der Waals surface area contributed by atoms with Crippen LogP contribution in [0, 0.1) is 5.92 Å². The van der Waals surface area contributed by atoms with Crippen molar-refractivity contribution in [2.45, 2.75) is 89.3 Å². The molecule has 0 aromatic heterocycles. The van der Waals surface area contributed by atoms with Gasteiger partial charge in [-0.05, 0) is 64.5 Å². The molecule has 0 spiro atoms. The van der Waals surface area contributed by atoms with E-state index in [-0.39, 0.29) is 12.1 Å². The van der Waals surface area contributed by atoms with Crippen molar-refractivity contribution in [3.05, 3.63) is 0 Å². The molecule has 0 aromatic rings. The first-order chi connectivity index (χ1) is 10.1. The Labute approximate surface area is 131 Å². The first-order valence-corrected chi connectivity index (χ1v) is 9.17. The molecule has 3 unspecified atom stereocenters. The van der Waals surface area contributed by atoms with Crippen LogP contribution in [0.4, 0.5) is 0 Å². The molecule has 0 radical (unpaired) electrons. The van der Waals surface area contributed by atoms with Gasteiger partial charge in [-0.1, -0.05) is 26.7 Å². The Morgan fingerprint density at radius 1 is 1.24 bits per heavy atom. The molecule has 0 heterocycles. The minimum atomic E-state index is -0.0259. The quantitative estimate of drug-likeness (QED) is 0.686. The van der Waals surface area contributed by atoms with Gasteiger partial charge in [-0.25, -0.2) is 0 Å². The predicted octanol–water partition coefficient (Wildman–Crippen LogP) is 3.17. The molecule has 2 N–H and O–H groups in total. The lowest BCUT2D eigenvalue weighted by molar-refractivity contribution is 0.125. The fraction of sp³-hybridized carbons (Fsp3) is 1.00. The molecular formula is C18H36N2O. The summed E-state index contributed by atoms with van der Waals surface area (Å²) in [6.45, 7) is 6.06. The lowest BCUT2D eigenvalue weighted by atomic mass is 9.86. The first-order valence-electron chi connectivity index (χ1n) is 9.17. The average molecular weight is 296 g/mol. The zero-order chi connectivity index (χ0) is 15.3. The normalized spacial score (nSPS) is 29.6. The van der Waals surface area contributed by atoms with Crippen LogP contribution in [0.5, 0.6) is 0 Å². The molecule has 3 heteroatoms. The first kappa shape index (κ1) is 17.2. The second-order valence-corrected chi connectivity index (χ2v) is 7.72. The number of rotatable bonds is 9. The van der Waals surface area contributed by atoms with E-state index in [1.165, 1.54) is 51.5 Å². The molecule has 0 aromatic carbocycles. The minimum absolute atomic E-state index is 0.0259. The maximum atomic E-state index is 9.83. The summed E-state index contributed by atoms with van der Waals surface area (Å²) in [5, 5.41) is 13.5. The van der Waals surface area contributed by atoms with Gasteiger partial charge in [0.2, 0.25) is 0 Å². The van der Waals surface area contributed by atoms with Gasteiger partial charge in [0.05, 0.1) is 6.61 Å². The average Bonchev–Trinajstić information content (AvgIpc) is 3.30. The Bertz CT molecular complexity index is 300. The van der Waals surface area contributed by atoms with Gasteiger partial charge in [0, 0.05) is 17.6 Å². The van der Waals surface area contributed by atoms with Gasteiger partial charge in [-0.2, -0.15) is 0 Å². The van der Waals surface area contributed by atoms with Crippen molar-refractivity contribution in [3.8, 4) is 0 Å². The Morgan fingerprint density at radius 3 is 2.57 bits per heavy atom. The molecule has 2 rings (SSSR count). The zero-order valence-corrected chi connectivity index (χ0v) is 14.4. The van der Waals surface area contributed by atoms with Crippen LogP contribution in [0.25, 0.3) is 0 Å². The van der Waals surface area contributed by atoms with E-state index in [1.807, 2.05) is 0 Å². The number of nitrogens with zero attached hydrogens (tertiary/aromatic N) is 1. The maximum Gasteiger partial charge on any atom is 0.0613 e. The van der Waals surface area contributed by atoms with E-state index >= 15 is 0 Å². The van der Waals surface area contributed by atoms with E-state index in [0.717, 1.165) is 24.8 Å². The lowest BCUT2D eigenvalue weighted by Crippen LogP contribution is -2.49. The van der Waals surface area contributed by atoms with Gasteiger partial charge in [0.1, 0.15) is 0 Å². The Morgan fingerprint density at radius 2 is 2.00 bits per heavy atom. The summed E-state index contributed by atoms with van der Waals surface area (Å²) in [5.41, 5.74) is -0.0259. The summed E-state index contributed by atoms with van der Waals surface area (Å²) in [6, 6.07) is 1.46. The van der Waals surface area contributed by atoms with Gasteiger partial charge in [-0.3, -0.25) is 0 Å². The molecule has 2 aliphatic rings. The van der Waals surface area contributed by atoms with Crippen LogP contribution in [0.2, 0.25) is 0 Å². The molecule has 2 aliphatic carbocycles. The van der Waals surface area contributed by atoms with Gasteiger partial charge in [0.15, 0.2) is 0 Å². The number of aliphatic hydroxyl groups is 1. The van der Waals surface area contributed by atoms with E-state index in [2.05, 4.69) is 31.1 Å². The van der Waals surface area contributed by atoms with Crippen molar-refractivity contribution in [2.24, 2.45) is 5.92 Å². The van der Waals surface area contributed by atoms with E-state index in [1.54, 1.807) is 0 Å². The fourth-order valence-electron chi connectivity index (χ4n) is 3.90. The van der Waals surface area contributed by atoms with E-state index in [0.29, 0.717) is 6.04 Å². The van der Waals surface area contributed by atoms with E-state index < -0.39 is 0 Å². The standard InChI is InChI=1S/C18H36N2O/c1-4-18(14-21,19-16-9-10-16)11-6-12-20(3)17-8-5-7-15(2)13-17/h15-17,19,21H,4-14H2,1-3H3. The van der Waals surface area contributed by atoms with Crippen molar-refractivity contribution in [2.75, 3.05) is 20.2 Å². The van der Waals surface area contributed by atoms with Crippen LogP contribution in [-0.2, 0) is 0 Å². The smallest absolute Gasteiger partial charge is 0.0613 e. The van der Waals surface area contributed by atoms with Gasteiger partial charge >= 0.3 is 0 Å². The summed E-state index contributed by atoms with van der Waals surface area (Å²) < 4.78 is 0. The number of aliphatic hydroxyl groups excluding tert-OH is 1. The van der Waals surface area contributed by atoms with Crippen LogP contribution in [0.1, 0.15) is 71.6 Å². The highest BCUT2D eigenvalue weighted by molar-refractivity contribution is 4.94. The van der Waals surface area contributed by atoms with Crippen molar-refractivity contribution in [3.63, 3.8) is 0 Å². The van der Waals surface area contributed by atoms with E-state index in [9.17, 15) is 5.11 Å². The van der Waals surface area contributed by atoms with Crippen LogP contribution < -0.4 is 5.32 Å². The second kappa shape index (κ2) is 7.94. The zero-order valence-electron chi connectivity index (χ0n) is 14.4. The number of hydrogen-bond donors (Lipinski definition) is 2. The van der Waals surface area contributed by atoms with E-state index in [4.69, 9.17) is 0 Å². The van der Waals surface area contributed by atoms with Crippen molar-refractivity contribution in [1.82, 2.24) is 10.2 Å². The lowest BCUT2D eigenvalue weighted by Gasteiger charge is -2.36. The highest BCUT2D eigenvalue weighted by atomic mass is 16.3. The third-order valence-corrected chi connectivity index (χ3v) is 5.77. The summed E-state index contributed by atoms with van der Waals surface area (Å²) in [5.74, 6) is 0.898. The number of hydrogen-bond acceptors (Lipinski definition) is 3. The molecule has 0 aliphatic heterocycles. The third-order valence-electron chi connectivity index (χ3n) is 5.77. The molecule has 0 bridgehead atoms. The van der Waals surface area contributed by atoms with Gasteiger partial charge in [-0.15, -0.1) is 0 Å². The Kier molecular flexibility index (Phi) is 6.51. The monoisotopic (exact) mass is 296 g/mol. The molecule has 0 saturated heterocycles. The molecule has 21 heavy (non-hydrogen) atoms. The summed E-state index contributed by atoms with van der Waals surface area (Å²) in [7, 11) is 2.30. The highest BCUT2D eigenvalue weighted by Gasteiger charge is 2.34. The minimum Gasteiger partial charge on any atom is -0.394 e. The summed E-state index contributed by atoms with van der Waals surface area (Å²) in [4.78, 5) is 2.57. The van der Waals surface area contributed by atoms with Crippen LogP contribution in [0.3, 0.4) is 0 Å². The molecule has 2 saturated carbocycles. The Balaban J connectivity index is 1.73. The largest absolute Gasteiger partial charge is 0.394 e. The van der Waals surface area contributed by atoms with Crippen molar-refractivity contribution in [1.29, 1.82) is 0 Å². The van der Waals surface area contributed by atoms with Crippen molar-refractivity contribution < 1.29 is 5.11 Å². The molecule has 0 amide bonds. The molecule has 3 atom stereocenters. The molecule has 3 nitrogen and oxygen atoms in total. The molecular weight excluding hydrogens is 260 g/mol. The SMILES string of the molecule is CCC(CO)(CCCN(C)C1CCCC(C)C1)NC1CC1. The second-order valence-electron chi connectivity index (χ2n) is 7.72. The van der Waals surface area contributed by atoms with Gasteiger partial charge in [0.25, 0.3) is 0 Å². The summed E-state index contributed by atoms with van der Waals surface area (Å²) >= 11 is 0. The van der Waals surface area contributed by atoms with Crippen LogP contribution in [-0.4, -0.2) is 47.8 Å². The number of nitrogens with one attached hydrogen (secondary N) is 1. The van der Waals surface area contributed by atoms with Gasteiger partial charge < -0.3 is 15.3 Å². The van der Waals surface area contributed by atoms with Crippen LogP contribution in [0.15, 0.2) is 0 Å². The third kappa shape index (κ3) is 5.22. The topological polar surface area (TPSA) is 35.5 Å². The predicted molar refractivity (Wildman–Crippen MR) is 89.5 cm³/mol. The fourth-order valence-corrected chi connectivity index (χ4v) is 3.90. The van der Waals surface area contributed by atoms with Crippen LogP contribution >= 0.6 is 0 Å². The molecule has 124 valence electrons. The Hall–Kier alpha value is -0.120. The highest BCUT2D eigenvalue weighted by Crippen LogP contribution is 2.29.